The second-order valence-corrected chi connectivity index (χ2v) is 7.17. The highest BCUT2D eigenvalue weighted by Gasteiger charge is 2.13. The standard InChI is InChI=1S/C21H18ClN3O3S/c1-12-5-8-15(16(22)10-12)19(26)25-21(29)24-17-11-14(7-6-13(17)2)23-20(27)18-4-3-9-28-18/h3-11H,1-2H3,(H,23,27)(H2,24,25,26,29). The van der Waals surface area contributed by atoms with Crippen LogP contribution in [0.5, 0.6) is 0 Å². The van der Waals surface area contributed by atoms with Crippen LogP contribution in [0.15, 0.2) is 59.2 Å². The van der Waals surface area contributed by atoms with Crippen LogP contribution in [0.3, 0.4) is 0 Å². The number of anilines is 2. The summed E-state index contributed by atoms with van der Waals surface area (Å²) in [4.78, 5) is 24.5. The first-order chi connectivity index (χ1) is 13.8. The molecule has 2 aromatic carbocycles. The molecule has 6 nitrogen and oxygen atoms in total. The first-order valence-corrected chi connectivity index (χ1v) is 9.46. The normalized spacial score (nSPS) is 10.3. The molecule has 0 saturated carbocycles. The fourth-order valence-corrected chi connectivity index (χ4v) is 3.09. The number of aryl methyl sites for hydroxylation is 2. The maximum atomic E-state index is 12.4. The van der Waals surface area contributed by atoms with Crippen LogP contribution >= 0.6 is 23.8 Å². The van der Waals surface area contributed by atoms with Crippen LogP contribution in [0.4, 0.5) is 11.4 Å². The van der Waals surface area contributed by atoms with Gasteiger partial charge in [-0.05, 0) is 73.6 Å². The lowest BCUT2D eigenvalue weighted by Crippen LogP contribution is -2.34. The van der Waals surface area contributed by atoms with Crippen molar-refractivity contribution < 1.29 is 14.0 Å². The lowest BCUT2D eigenvalue weighted by atomic mass is 10.1. The zero-order valence-electron chi connectivity index (χ0n) is 15.7. The molecular formula is C21H18ClN3O3S. The second-order valence-electron chi connectivity index (χ2n) is 6.35. The average Bonchev–Trinajstić information content (AvgIpc) is 3.19. The van der Waals surface area contributed by atoms with Gasteiger partial charge in [-0.25, -0.2) is 0 Å². The largest absolute Gasteiger partial charge is 0.459 e. The van der Waals surface area contributed by atoms with E-state index in [1.165, 1.54) is 6.26 Å². The summed E-state index contributed by atoms with van der Waals surface area (Å²) < 4.78 is 5.08. The Hall–Kier alpha value is -3.16. The molecule has 2 amide bonds. The minimum atomic E-state index is -0.410. The predicted octanol–water partition coefficient (Wildman–Crippen LogP) is 4.93. The molecule has 0 aliphatic heterocycles. The lowest BCUT2D eigenvalue weighted by Gasteiger charge is -2.14. The van der Waals surface area contributed by atoms with Gasteiger partial charge in [0, 0.05) is 11.4 Å². The van der Waals surface area contributed by atoms with Crippen LogP contribution < -0.4 is 16.0 Å². The van der Waals surface area contributed by atoms with E-state index in [0.717, 1.165) is 11.1 Å². The molecule has 1 heterocycles. The monoisotopic (exact) mass is 427 g/mol. The van der Waals surface area contributed by atoms with Crippen LogP contribution in [-0.2, 0) is 0 Å². The van der Waals surface area contributed by atoms with Gasteiger partial charge < -0.3 is 15.1 Å². The summed E-state index contributed by atoms with van der Waals surface area (Å²) in [6.07, 6.45) is 1.43. The van der Waals surface area contributed by atoms with Crippen molar-refractivity contribution in [3.8, 4) is 0 Å². The summed E-state index contributed by atoms with van der Waals surface area (Å²) in [7, 11) is 0. The molecule has 0 atom stereocenters. The first-order valence-electron chi connectivity index (χ1n) is 8.67. The number of thiocarbonyl (C=S) groups is 1. The summed E-state index contributed by atoms with van der Waals surface area (Å²) in [5.74, 6) is -0.569. The van der Waals surface area contributed by atoms with Crippen LogP contribution in [0.2, 0.25) is 5.02 Å². The van der Waals surface area contributed by atoms with Gasteiger partial charge in [-0.3, -0.25) is 14.9 Å². The molecule has 0 unspecified atom stereocenters. The molecule has 29 heavy (non-hydrogen) atoms. The fraction of sp³-hybridized carbons (Fsp3) is 0.0952. The predicted molar refractivity (Wildman–Crippen MR) is 118 cm³/mol. The van der Waals surface area contributed by atoms with E-state index in [4.69, 9.17) is 28.2 Å². The van der Waals surface area contributed by atoms with Crippen LogP contribution in [0, 0.1) is 13.8 Å². The molecule has 0 saturated heterocycles. The van der Waals surface area contributed by atoms with E-state index in [1.54, 1.807) is 42.5 Å². The number of nitrogens with one attached hydrogen (secondary N) is 3. The van der Waals surface area contributed by atoms with Crippen molar-refractivity contribution in [1.29, 1.82) is 0 Å². The Morgan fingerprint density at radius 3 is 2.48 bits per heavy atom. The van der Waals surface area contributed by atoms with E-state index < -0.39 is 5.91 Å². The lowest BCUT2D eigenvalue weighted by molar-refractivity contribution is 0.0975. The minimum absolute atomic E-state index is 0.115. The van der Waals surface area contributed by atoms with E-state index in [9.17, 15) is 9.59 Å². The minimum Gasteiger partial charge on any atom is -0.459 e. The van der Waals surface area contributed by atoms with Gasteiger partial charge >= 0.3 is 0 Å². The number of carbonyl (C=O) groups is 2. The third-order valence-corrected chi connectivity index (χ3v) is 4.60. The molecular weight excluding hydrogens is 410 g/mol. The highest BCUT2D eigenvalue weighted by molar-refractivity contribution is 7.80. The maximum absolute atomic E-state index is 12.4. The van der Waals surface area contributed by atoms with Crippen molar-refractivity contribution in [3.63, 3.8) is 0 Å². The van der Waals surface area contributed by atoms with E-state index >= 15 is 0 Å². The van der Waals surface area contributed by atoms with Gasteiger partial charge in [0.25, 0.3) is 11.8 Å². The summed E-state index contributed by atoms with van der Waals surface area (Å²) >= 11 is 11.4. The summed E-state index contributed by atoms with van der Waals surface area (Å²) in [6, 6.07) is 13.7. The number of rotatable bonds is 4. The summed E-state index contributed by atoms with van der Waals surface area (Å²) in [6.45, 7) is 3.77. The highest BCUT2D eigenvalue weighted by atomic mass is 35.5. The van der Waals surface area contributed by atoms with Gasteiger partial charge in [-0.1, -0.05) is 23.7 Å². The van der Waals surface area contributed by atoms with Gasteiger partial charge in [-0.2, -0.15) is 0 Å². The van der Waals surface area contributed by atoms with Crippen molar-refractivity contribution in [2.24, 2.45) is 0 Å². The van der Waals surface area contributed by atoms with Gasteiger partial charge in [0.2, 0.25) is 0 Å². The topological polar surface area (TPSA) is 83.4 Å². The van der Waals surface area contributed by atoms with Crippen LogP contribution in [0.1, 0.15) is 32.0 Å². The summed E-state index contributed by atoms with van der Waals surface area (Å²) in [5.41, 5.74) is 3.36. The average molecular weight is 428 g/mol. The Morgan fingerprint density at radius 1 is 1.00 bits per heavy atom. The zero-order chi connectivity index (χ0) is 21.0. The molecule has 3 aromatic rings. The third-order valence-electron chi connectivity index (χ3n) is 4.08. The smallest absolute Gasteiger partial charge is 0.291 e. The van der Waals surface area contributed by atoms with E-state index in [1.807, 2.05) is 19.9 Å². The highest BCUT2D eigenvalue weighted by Crippen LogP contribution is 2.21. The number of benzene rings is 2. The molecule has 0 spiro atoms. The Morgan fingerprint density at radius 2 is 1.79 bits per heavy atom. The van der Waals surface area contributed by atoms with E-state index in [0.29, 0.717) is 22.0 Å². The van der Waals surface area contributed by atoms with Crippen molar-refractivity contribution in [2.45, 2.75) is 13.8 Å². The molecule has 0 aliphatic rings. The Balaban J connectivity index is 1.68. The SMILES string of the molecule is Cc1ccc(C(=O)NC(=S)Nc2cc(NC(=O)c3ccco3)ccc2C)c(Cl)c1. The van der Waals surface area contributed by atoms with Crippen molar-refractivity contribution in [2.75, 3.05) is 10.6 Å². The number of carbonyl (C=O) groups excluding carboxylic acids is 2. The molecule has 3 rings (SSSR count). The third kappa shape index (κ3) is 5.22. The van der Waals surface area contributed by atoms with Crippen molar-refractivity contribution in [3.05, 3.63) is 82.3 Å². The number of amides is 2. The quantitative estimate of drug-likeness (QED) is 0.514. The molecule has 0 aliphatic carbocycles. The number of halogens is 1. The Labute approximate surface area is 178 Å². The molecule has 3 N–H and O–H groups in total. The molecule has 8 heteroatoms. The van der Waals surface area contributed by atoms with E-state index in [2.05, 4.69) is 16.0 Å². The van der Waals surface area contributed by atoms with Gasteiger partial charge in [0.15, 0.2) is 10.9 Å². The molecule has 0 bridgehead atoms. The van der Waals surface area contributed by atoms with Gasteiger partial charge in [-0.15, -0.1) is 0 Å². The molecule has 0 radical (unpaired) electrons. The fourth-order valence-electron chi connectivity index (χ4n) is 2.56. The summed E-state index contributed by atoms with van der Waals surface area (Å²) in [5, 5.41) is 8.79. The molecule has 0 fully saturated rings. The molecule has 148 valence electrons. The Bertz CT molecular complexity index is 1080. The van der Waals surface area contributed by atoms with Gasteiger partial charge in [0.1, 0.15) is 0 Å². The van der Waals surface area contributed by atoms with Crippen molar-refractivity contribution in [1.82, 2.24) is 5.32 Å². The first kappa shape index (κ1) is 20.6. The second kappa shape index (κ2) is 8.89. The molecule has 1 aromatic heterocycles. The van der Waals surface area contributed by atoms with Crippen LogP contribution in [-0.4, -0.2) is 16.9 Å². The van der Waals surface area contributed by atoms with Crippen LogP contribution in [0.25, 0.3) is 0 Å². The Kier molecular flexibility index (Phi) is 6.31. The maximum Gasteiger partial charge on any atom is 0.291 e. The van der Waals surface area contributed by atoms with Crippen molar-refractivity contribution >= 4 is 52.1 Å². The number of furan rings is 1. The van der Waals surface area contributed by atoms with E-state index in [-0.39, 0.29) is 16.8 Å². The zero-order valence-corrected chi connectivity index (χ0v) is 17.3. The number of hydrogen-bond donors (Lipinski definition) is 3. The van der Waals surface area contributed by atoms with Gasteiger partial charge in [0.05, 0.1) is 16.8 Å². The number of hydrogen-bond acceptors (Lipinski definition) is 4.